The summed E-state index contributed by atoms with van der Waals surface area (Å²) in [4.78, 5) is 11.7. The van der Waals surface area contributed by atoms with Crippen LogP contribution in [0.15, 0.2) is 45.9 Å². The Balaban J connectivity index is 2.02. The smallest absolute Gasteiger partial charge is 0.307 e. The highest BCUT2D eigenvalue weighted by molar-refractivity contribution is 5.92. The molecular formula is C14H14N2O3. The van der Waals surface area contributed by atoms with Crippen molar-refractivity contribution in [2.24, 2.45) is 5.10 Å². The van der Waals surface area contributed by atoms with E-state index in [-0.39, 0.29) is 11.7 Å². The van der Waals surface area contributed by atoms with E-state index in [4.69, 9.17) is 9.15 Å². The maximum Gasteiger partial charge on any atom is 0.307 e. The number of hydrazone groups is 1. The Hall–Kier alpha value is -2.56. The van der Waals surface area contributed by atoms with Gasteiger partial charge in [0.15, 0.2) is 5.76 Å². The third kappa shape index (κ3) is 3.22. The Bertz CT molecular complexity index is 602. The number of ether oxygens (including phenoxy) is 1. The summed E-state index contributed by atoms with van der Waals surface area (Å²) in [5.74, 6) is 1.21. The number of hydrogen-bond donors (Lipinski definition) is 1. The Labute approximate surface area is 110 Å². The first-order chi connectivity index (χ1) is 9.20. The largest absolute Gasteiger partial charge is 0.496 e. The molecule has 1 heterocycles. The molecule has 0 aliphatic carbocycles. The van der Waals surface area contributed by atoms with E-state index in [0.717, 1.165) is 5.56 Å². The molecule has 0 atom stereocenters. The van der Waals surface area contributed by atoms with Crippen molar-refractivity contribution in [3.63, 3.8) is 0 Å². The van der Waals surface area contributed by atoms with Crippen LogP contribution in [0.3, 0.4) is 0 Å². The Morgan fingerprint density at radius 3 is 2.79 bits per heavy atom. The molecule has 2 aromatic rings. The van der Waals surface area contributed by atoms with Crippen LogP contribution in [-0.2, 0) is 0 Å². The van der Waals surface area contributed by atoms with Gasteiger partial charge in [-0.2, -0.15) is 5.10 Å². The van der Waals surface area contributed by atoms with Gasteiger partial charge >= 0.3 is 5.91 Å². The molecule has 19 heavy (non-hydrogen) atoms. The Kier molecular flexibility index (Phi) is 3.97. The molecule has 2 rings (SSSR count). The zero-order valence-corrected chi connectivity index (χ0v) is 10.7. The van der Waals surface area contributed by atoms with Gasteiger partial charge in [0, 0.05) is 5.56 Å². The second-order valence-electron chi connectivity index (χ2n) is 3.85. The minimum atomic E-state index is -0.390. The lowest BCUT2D eigenvalue weighted by atomic mass is 10.2. The third-order valence-electron chi connectivity index (χ3n) is 2.47. The van der Waals surface area contributed by atoms with Gasteiger partial charge in [0.1, 0.15) is 11.5 Å². The SMILES string of the molecule is COc1ccccc1C=NNC(=O)c1ccc(C)o1. The van der Waals surface area contributed by atoms with E-state index >= 15 is 0 Å². The highest BCUT2D eigenvalue weighted by Crippen LogP contribution is 2.14. The maximum atomic E-state index is 11.7. The van der Waals surface area contributed by atoms with Crippen molar-refractivity contribution in [1.29, 1.82) is 0 Å². The highest BCUT2D eigenvalue weighted by atomic mass is 16.5. The van der Waals surface area contributed by atoms with Crippen molar-refractivity contribution in [3.8, 4) is 5.75 Å². The number of nitrogens with one attached hydrogen (secondary N) is 1. The van der Waals surface area contributed by atoms with Gasteiger partial charge in [-0.25, -0.2) is 5.43 Å². The van der Waals surface area contributed by atoms with Gasteiger partial charge in [0.25, 0.3) is 0 Å². The fourth-order valence-electron chi connectivity index (χ4n) is 1.55. The minimum absolute atomic E-state index is 0.231. The van der Waals surface area contributed by atoms with Crippen LogP contribution in [0.25, 0.3) is 0 Å². The fourth-order valence-corrected chi connectivity index (χ4v) is 1.55. The molecular weight excluding hydrogens is 244 g/mol. The first-order valence-electron chi connectivity index (χ1n) is 5.73. The van der Waals surface area contributed by atoms with Crippen molar-refractivity contribution >= 4 is 12.1 Å². The van der Waals surface area contributed by atoms with E-state index < -0.39 is 0 Å². The molecule has 5 heteroatoms. The molecule has 0 unspecified atom stereocenters. The van der Waals surface area contributed by atoms with Crippen LogP contribution in [0, 0.1) is 6.92 Å². The molecule has 0 saturated heterocycles. The molecule has 0 fully saturated rings. The summed E-state index contributed by atoms with van der Waals surface area (Å²) in [7, 11) is 1.58. The molecule has 1 amide bonds. The number of hydrogen-bond acceptors (Lipinski definition) is 4. The number of para-hydroxylation sites is 1. The molecule has 0 bridgehead atoms. The van der Waals surface area contributed by atoms with Gasteiger partial charge in [-0.3, -0.25) is 4.79 Å². The topological polar surface area (TPSA) is 63.8 Å². The number of furan rings is 1. The standard InChI is InChI=1S/C14H14N2O3/c1-10-7-8-13(19-10)14(17)16-15-9-11-5-3-4-6-12(11)18-2/h3-9H,1-2H3,(H,16,17). The number of carbonyl (C=O) groups excluding carboxylic acids is 1. The van der Waals surface area contributed by atoms with Crippen LogP contribution in [0.5, 0.6) is 5.75 Å². The predicted molar refractivity (Wildman–Crippen MR) is 71.5 cm³/mol. The van der Waals surface area contributed by atoms with Crippen molar-refractivity contribution < 1.29 is 13.9 Å². The van der Waals surface area contributed by atoms with E-state index in [1.54, 1.807) is 26.2 Å². The summed E-state index contributed by atoms with van der Waals surface area (Å²) in [6.07, 6.45) is 1.52. The van der Waals surface area contributed by atoms with Crippen LogP contribution in [0.2, 0.25) is 0 Å². The molecule has 1 N–H and O–H groups in total. The Morgan fingerprint density at radius 2 is 2.11 bits per heavy atom. The molecule has 0 aliphatic heterocycles. The van der Waals surface area contributed by atoms with Crippen molar-refractivity contribution in [1.82, 2.24) is 5.43 Å². The molecule has 1 aromatic heterocycles. The van der Waals surface area contributed by atoms with Gasteiger partial charge < -0.3 is 9.15 Å². The van der Waals surface area contributed by atoms with E-state index in [0.29, 0.717) is 11.5 Å². The monoisotopic (exact) mass is 258 g/mol. The van der Waals surface area contributed by atoms with Gasteiger partial charge in [0.2, 0.25) is 0 Å². The number of benzene rings is 1. The number of methoxy groups -OCH3 is 1. The first-order valence-corrected chi connectivity index (χ1v) is 5.73. The molecule has 0 saturated carbocycles. The van der Waals surface area contributed by atoms with E-state index in [2.05, 4.69) is 10.5 Å². The van der Waals surface area contributed by atoms with Crippen LogP contribution in [0.1, 0.15) is 21.9 Å². The lowest BCUT2D eigenvalue weighted by molar-refractivity contribution is 0.0926. The molecule has 98 valence electrons. The second kappa shape index (κ2) is 5.86. The number of aryl methyl sites for hydroxylation is 1. The average Bonchev–Trinajstić information content (AvgIpc) is 2.86. The second-order valence-corrected chi connectivity index (χ2v) is 3.85. The molecule has 0 aliphatic rings. The summed E-state index contributed by atoms with van der Waals surface area (Å²) in [5, 5.41) is 3.87. The van der Waals surface area contributed by atoms with Crippen molar-refractivity contribution in [2.45, 2.75) is 6.92 Å². The lowest BCUT2D eigenvalue weighted by Gasteiger charge is -2.02. The van der Waals surface area contributed by atoms with Gasteiger partial charge in [-0.1, -0.05) is 12.1 Å². The normalized spacial score (nSPS) is 10.6. The number of nitrogens with zero attached hydrogens (tertiary/aromatic N) is 1. The van der Waals surface area contributed by atoms with E-state index in [9.17, 15) is 4.79 Å². The van der Waals surface area contributed by atoms with Crippen LogP contribution in [0.4, 0.5) is 0 Å². The van der Waals surface area contributed by atoms with Gasteiger partial charge in [-0.15, -0.1) is 0 Å². The summed E-state index contributed by atoms with van der Waals surface area (Å²) in [6.45, 7) is 1.77. The third-order valence-corrected chi connectivity index (χ3v) is 2.47. The maximum absolute atomic E-state index is 11.7. The van der Waals surface area contributed by atoms with Crippen molar-refractivity contribution in [3.05, 3.63) is 53.5 Å². The van der Waals surface area contributed by atoms with Gasteiger partial charge in [-0.05, 0) is 31.2 Å². The van der Waals surface area contributed by atoms with E-state index in [1.807, 2.05) is 24.3 Å². The number of rotatable bonds is 4. The summed E-state index contributed by atoms with van der Waals surface area (Å²) >= 11 is 0. The average molecular weight is 258 g/mol. The predicted octanol–water partition coefficient (Wildman–Crippen LogP) is 2.36. The van der Waals surface area contributed by atoms with Crippen LogP contribution in [-0.4, -0.2) is 19.2 Å². The highest BCUT2D eigenvalue weighted by Gasteiger charge is 2.08. The van der Waals surface area contributed by atoms with Crippen LogP contribution < -0.4 is 10.2 Å². The quantitative estimate of drug-likeness (QED) is 0.676. The number of amides is 1. The molecule has 1 aromatic carbocycles. The summed E-state index contributed by atoms with van der Waals surface area (Å²) in [5.41, 5.74) is 3.17. The first kappa shape index (κ1) is 12.9. The van der Waals surface area contributed by atoms with Crippen molar-refractivity contribution in [2.75, 3.05) is 7.11 Å². The zero-order chi connectivity index (χ0) is 13.7. The zero-order valence-electron chi connectivity index (χ0n) is 10.7. The summed E-state index contributed by atoms with van der Waals surface area (Å²) in [6, 6.07) is 10.7. The van der Waals surface area contributed by atoms with E-state index in [1.165, 1.54) is 6.21 Å². The van der Waals surface area contributed by atoms with Gasteiger partial charge in [0.05, 0.1) is 13.3 Å². The summed E-state index contributed by atoms with van der Waals surface area (Å²) < 4.78 is 10.4. The number of carbonyl (C=O) groups is 1. The molecule has 5 nitrogen and oxygen atoms in total. The lowest BCUT2D eigenvalue weighted by Crippen LogP contribution is -2.16. The minimum Gasteiger partial charge on any atom is -0.496 e. The Morgan fingerprint density at radius 1 is 1.32 bits per heavy atom. The molecule has 0 spiro atoms. The van der Waals surface area contributed by atoms with Crippen LogP contribution >= 0.6 is 0 Å². The fraction of sp³-hybridized carbons (Fsp3) is 0.143. The molecule has 0 radical (unpaired) electrons.